The first-order valence-electron chi connectivity index (χ1n) is 6.24. The highest BCUT2D eigenvalue weighted by molar-refractivity contribution is 5.60. The van der Waals surface area contributed by atoms with Gasteiger partial charge in [0.15, 0.2) is 11.6 Å². The van der Waals surface area contributed by atoms with Crippen molar-refractivity contribution in [3.63, 3.8) is 0 Å². The zero-order valence-electron chi connectivity index (χ0n) is 11.0. The summed E-state index contributed by atoms with van der Waals surface area (Å²) in [5, 5.41) is 11.4. The largest absolute Gasteiger partial charge is 0.460 e. The number of hydrogen-bond acceptors (Lipinski definition) is 5. The lowest BCUT2D eigenvalue weighted by Gasteiger charge is -2.05. The Labute approximate surface area is 116 Å². The van der Waals surface area contributed by atoms with Gasteiger partial charge < -0.3 is 15.5 Å². The number of rotatable bonds is 3. The Hall–Kier alpha value is -2.82. The van der Waals surface area contributed by atoms with Crippen molar-refractivity contribution in [3.8, 4) is 11.5 Å². The number of nitrogens with one attached hydrogen (secondary N) is 1. The van der Waals surface area contributed by atoms with Gasteiger partial charge in [0, 0.05) is 11.4 Å². The van der Waals surface area contributed by atoms with E-state index in [0.717, 1.165) is 17.1 Å². The lowest BCUT2D eigenvalue weighted by Crippen LogP contribution is -1.96. The molecule has 0 saturated carbocycles. The van der Waals surface area contributed by atoms with Gasteiger partial charge >= 0.3 is 0 Å². The molecule has 0 spiro atoms. The highest BCUT2D eigenvalue weighted by Gasteiger charge is 2.05. The van der Waals surface area contributed by atoms with Crippen LogP contribution in [0.3, 0.4) is 0 Å². The van der Waals surface area contributed by atoms with Crippen molar-refractivity contribution in [3.05, 3.63) is 54.3 Å². The Morgan fingerprint density at radius 2 is 1.75 bits per heavy atom. The molecule has 0 fully saturated rings. The number of nitrogen functional groups attached to an aromatic ring is 1. The molecule has 2 aromatic heterocycles. The molecule has 20 heavy (non-hydrogen) atoms. The van der Waals surface area contributed by atoms with Crippen LogP contribution in [0, 0.1) is 6.92 Å². The van der Waals surface area contributed by atoms with E-state index < -0.39 is 0 Å². The first-order valence-corrected chi connectivity index (χ1v) is 6.24. The van der Waals surface area contributed by atoms with Crippen LogP contribution in [0.25, 0.3) is 11.5 Å². The Morgan fingerprint density at radius 3 is 2.35 bits per heavy atom. The van der Waals surface area contributed by atoms with E-state index in [0.29, 0.717) is 17.3 Å². The monoisotopic (exact) mass is 266 g/mol. The molecule has 3 aromatic rings. The van der Waals surface area contributed by atoms with Gasteiger partial charge in [-0.1, -0.05) is 0 Å². The molecule has 100 valence electrons. The van der Waals surface area contributed by atoms with Gasteiger partial charge in [-0.05, 0) is 55.5 Å². The molecule has 3 rings (SSSR count). The van der Waals surface area contributed by atoms with Crippen molar-refractivity contribution in [1.82, 2.24) is 10.2 Å². The van der Waals surface area contributed by atoms with Crippen molar-refractivity contribution < 1.29 is 4.42 Å². The zero-order valence-corrected chi connectivity index (χ0v) is 11.0. The minimum Gasteiger partial charge on any atom is -0.460 e. The molecule has 0 bridgehead atoms. The fraction of sp³-hybridized carbons (Fsp3) is 0.0667. The fourth-order valence-electron chi connectivity index (χ4n) is 1.82. The third kappa shape index (κ3) is 2.61. The molecule has 0 saturated heterocycles. The van der Waals surface area contributed by atoms with Gasteiger partial charge in [0.1, 0.15) is 11.5 Å². The molecule has 0 aliphatic rings. The number of anilines is 3. The smallest absolute Gasteiger partial charge is 0.154 e. The topological polar surface area (TPSA) is 77.0 Å². The Bertz CT molecular complexity index is 701. The van der Waals surface area contributed by atoms with Crippen molar-refractivity contribution in [2.24, 2.45) is 0 Å². The van der Waals surface area contributed by atoms with E-state index >= 15 is 0 Å². The molecule has 0 aliphatic heterocycles. The standard InChI is InChI=1S/C15H14N4O/c1-10-2-8-14(20-10)13-7-9-15(19-18-13)17-12-5-3-11(16)4-6-12/h2-9H,16H2,1H3,(H,17,19). The van der Waals surface area contributed by atoms with Gasteiger partial charge in [-0.3, -0.25) is 0 Å². The second-order valence-electron chi connectivity index (χ2n) is 4.46. The summed E-state index contributed by atoms with van der Waals surface area (Å²) in [5.41, 5.74) is 7.99. The third-order valence-corrected chi connectivity index (χ3v) is 2.84. The van der Waals surface area contributed by atoms with Gasteiger partial charge in [0.25, 0.3) is 0 Å². The molecule has 1 aromatic carbocycles. The molecule has 0 atom stereocenters. The predicted molar refractivity (Wildman–Crippen MR) is 78.6 cm³/mol. The van der Waals surface area contributed by atoms with Crippen LogP contribution in [0.5, 0.6) is 0 Å². The van der Waals surface area contributed by atoms with Gasteiger partial charge in [-0.25, -0.2) is 0 Å². The highest BCUT2D eigenvalue weighted by Crippen LogP contribution is 2.21. The van der Waals surface area contributed by atoms with Crippen molar-refractivity contribution in [2.75, 3.05) is 11.1 Å². The number of aryl methyl sites for hydroxylation is 1. The van der Waals surface area contributed by atoms with Crippen LogP contribution in [-0.2, 0) is 0 Å². The molecular weight excluding hydrogens is 252 g/mol. The van der Waals surface area contributed by atoms with Crippen LogP contribution in [0.1, 0.15) is 5.76 Å². The molecule has 0 unspecified atom stereocenters. The van der Waals surface area contributed by atoms with Crippen LogP contribution < -0.4 is 11.1 Å². The van der Waals surface area contributed by atoms with Gasteiger partial charge in [0.05, 0.1) is 0 Å². The Morgan fingerprint density at radius 1 is 0.950 bits per heavy atom. The second kappa shape index (κ2) is 5.05. The lowest BCUT2D eigenvalue weighted by molar-refractivity contribution is 0.545. The fourth-order valence-corrected chi connectivity index (χ4v) is 1.82. The number of nitrogens with two attached hydrogens (primary N) is 1. The maximum absolute atomic E-state index is 5.64. The number of furan rings is 1. The Kier molecular flexibility index (Phi) is 3.09. The first kappa shape index (κ1) is 12.2. The van der Waals surface area contributed by atoms with Crippen LogP contribution in [-0.4, -0.2) is 10.2 Å². The number of hydrogen-bond donors (Lipinski definition) is 2. The third-order valence-electron chi connectivity index (χ3n) is 2.84. The van der Waals surface area contributed by atoms with Crippen LogP contribution in [0.4, 0.5) is 17.2 Å². The van der Waals surface area contributed by atoms with E-state index in [9.17, 15) is 0 Å². The summed E-state index contributed by atoms with van der Waals surface area (Å²) in [6.07, 6.45) is 0. The quantitative estimate of drug-likeness (QED) is 0.711. The molecule has 0 aliphatic carbocycles. The van der Waals surface area contributed by atoms with E-state index in [-0.39, 0.29) is 0 Å². The molecule has 5 nitrogen and oxygen atoms in total. The number of benzene rings is 1. The average molecular weight is 266 g/mol. The summed E-state index contributed by atoms with van der Waals surface area (Å²) in [5.74, 6) is 2.24. The van der Waals surface area contributed by atoms with E-state index in [4.69, 9.17) is 10.2 Å². The van der Waals surface area contributed by atoms with Gasteiger partial charge in [-0.2, -0.15) is 0 Å². The molecule has 2 heterocycles. The Balaban J connectivity index is 1.77. The van der Waals surface area contributed by atoms with Gasteiger partial charge in [-0.15, -0.1) is 10.2 Å². The summed E-state index contributed by atoms with van der Waals surface area (Å²) in [6.45, 7) is 1.90. The summed E-state index contributed by atoms with van der Waals surface area (Å²) < 4.78 is 5.50. The minimum absolute atomic E-state index is 0.668. The molecule has 0 radical (unpaired) electrons. The van der Waals surface area contributed by atoms with Crippen molar-refractivity contribution >= 4 is 17.2 Å². The number of aromatic nitrogens is 2. The van der Waals surface area contributed by atoms with Crippen molar-refractivity contribution in [2.45, 2.75) is 6.92 Å². The maximum atomic E-state index is 5.64. The second-order valence-corrected chi connectivity index (χ2v) is 4.46. The number of nitrogens with zero attached hydrogens (tertiary/aromatic N) is 2. The maximum Gasteiger partial charge on any atom is 0.154 e. The minimum atomic E-state index is 0.668. The molecule has 3 N–H and O–H groups in total. The first-order chi connectivity index (χ1) is 9.70. The summed E-state index contributed by atoms with van der Waals surface area (Å²) in [7, 11) is 0. The van der Waals surface area contributed by atoms with E-state index in [1.807, 2.05) is 55.5 Å². The lowest BCUT2D eigenvalue weighted by atomic mass is 10.3. The van der Waals surface area contributed by atoms with Crippen molar-refractivity contribution in [1.29, 1.82) is 0 Å². The predicted octanol–water partition coefficient (Wildman–Crippen LogP) is 3.37. The zero-order chi connectivity index (χ0) is 13.9. The van der Waals surface area contributed by atoms with Gasteiger partial charge in [0.2, 0.25) is 0 Å². The normalized spacial score (nSPS) is 10.4. The average Bonchev–Trinajstić information content (AvgIpc) is 2.89. The van der Waals surface area contributed by atoms with Crippen LogP contribution >= 0.6 is 0 Å². The molecule has 5 heteroatoms. The summed E-state index contributed by atoms with van der Waals surface area (Å²) in [6, 6.07) is 14.9. The summed E-state index contributed by atoms with van der Waals surface area (Å²) in [4.78, 5) is 0. The SMILES string of the molecule is Cc1ccc(-c2ccc(Nc3ccc(N)cc3)nn2)o1. The van der Waals surface area contributed by atoms with Crippen LogP contribution in [0.15, 0.2) is 52.9 Å². The van der Waals surface area contributed by atoms with E-state index in [2.05, 4.69) is 15.5 Å². The molecule has 0 amide bonds. The van der Waals surface area contributed by atoms with E-state index in [1.54, 1.807) is 0 Å². The molecular formula is C15H14N4O. The van der Waals surface area contributed by atoms with E-state index in [1.165, 1.54) is 0 Å². The van der Waals surface area contributed by atoms with Crippen LogP contribution in [0.2, 0.25) is 0 Å². The summed E-state index contributed by atoms with van der Waals surface area (Å²) >= 11 is 0. The highest BCUT2D eigenvalue weighted by atomic mass is 16.3.